The van der Waals surface area contributed by atoms with Gasteiger partial charge in [0.15, 0.2) is 0 Å². The lowest BCUT2D eigenvalue weighted by atomic mass is 10.1. The third kappa shape index (κ3) is 16.2. The predicted octanol–water partition coefficient (Wildman–Crippen LogP) is 6.06. The first-order valence-corrected chi connectivity index (χ1v) is 8.57. The van der Waals surface area contributed by atoms with Crippen molar-refractivity contribution < 1.29 is 0 Å². The number of hydrogen-bond acceptors (Lipinski definition) is 1. The fourth-order valence-corrected chi connectivity index (χ4v) is 2.45. The number of hydrogen-bond donors (Lipinski definition) is 0. The van der Waals surface area contributed by atoms with Crippen LogP contribution in [-0.2, 0) is 0 Å². The zero-order valence-corrected chi connectivity index (χ0v) is 14.6. The molecule has 0 aliphatic rings. The molecule has 0 bridgehead atoms. The van der Waals surface area contributed by atoms with E-state index in [1.807, 2.05) is 0 Å². The normalized spacial score (nSPS) is 10.7. The molecular formula is C17H38ClN. The van der Waals surface area contributed by atoms with Crippen LogP contribution in [0.2, 0.25) is 0 Å². The molecule has 118 valence electrons. The Bertz CT molecular complexity index is 140. The minimum atomic E-state index is 0. The predicted molar refractivity (Wildman–Crippen MR) is 91.5 cm³/mol. The average molecular weight is 292 g/mol. The van der Waals surface area contributed by atoms with Crippen molar-refractivity contribution in [1.82, 2.24) is 4.90 Å². The molecule has 0 saturated carbocycles. The molecule has 0 unspecified atom stereocenters. The number of halogens is 1. The smallest absolute Gasteiger partial charge is 0.00187 e. The lowest BCUT2D eigenvalue weighted by Gasteiger charge is -2.22. The monoisotopic (exact) mass is 291 g/mol. The van der Waals surface area contributed by atoms with Crippen LogP contribution in [0.25, 0.3) is 0 Å². The van der Waals surface area contributed by atoms with E-state index in [4.69, 9.17) is 0 Å². The Balaban J connectivity index is 0. The van der Waals surface area contributed by atoms with Gasteiger partial charge in [0.2, 0.25) is 0 Å². The van der Waals surface area contributed by atoms with E-state index < -0.39 is 0 Å². The Morgan fingerprint density at radius 1 is 0.474 bits per heavy atom. The fourth-order valence-electron chi connectivity index (χ4n) is 2.45. The van der Waals surface area contributed by atoms with Crippen LogP contribution in [0, 0.1) is 0 Å². The summed E-state index contributed by atoms with van der Waals surface area (Å²) in [5, 5.41) is 0. The van der Waals surface area contributed by atoms with E-state index in [0.717, 1.165) is 0 Å². The summed E-state index contributed by atoms with van der Waals surface area (Å²) < 4.78 is 0. The van der Waals surface area contributed by atoms with E-state index >= 15 is 0 Å². The van der Waals surface area contributed by atoms with E-state index in [9.17, 15) is 0 Å². The lowest BCUT2D eigenvalue weighted by molar-refractivity contribution is 0.256. The van der Waals surface area contributed by atoms with E-state index in [-0.39, 0.29) is 12.4 Å². The van der Waals surface area contributed by atoms with Gasteiger partial charge in [-0.2, -0.15) is 0 Å². The highest BCUT2D eigenvalue weighted by atomic mass is 35.5. The molecule has 0 fully saturated rings. The summed E-state index contributed by atoms with van der Waals surface area (Å²) in [5.41, 5.74) is 0. The Morgan fingerprint density at radius 2 is 0.789 bits per heavy atom. The molecule has 0 aromatic rings. The highest BCUT2D eigenvalue weighted by Crippen LogP contribution is 2.07. The molecule has 19 heavy (non-hydrogen) atoms. The van der Waals surface area contributed by atoms with Crippen LogP contribution in [0.5, 0.6) is 0 Å². The zero-order valence-electron chi connectivity index (χ0n) is 13.8. The van der Waals surface area contributed by atoms with Gasteiger partial charge in [-0.05, 0) is 38.9 Å². The summed E-state index contributed by atoms with van der Waals surface area (Å²) in [6, 6.07) is 0. The molecule has 1 nitrogen and oxygen atoms in total. The minimum absolute atomic E-state index is 0. The van der Waals surface area contributed by atoms with Gasteiger partial charge in [0.1, 0.15) is 0 Å². The largest absolute Gasteiger partial charge is 0.303 e. The third-order valence-electron chi connectivity index (χ3n) is 3.73. The van der Waals surface area contributed by atoms with E-state index in [0.29, 0.717) is 0 Å². The van der Waals surface area contributed by atoms with Crippen molar-refractivity contribution in [3.05, 3.63) is 0 Å². The van der Waals surface area contributed by atoms with Gasteiger partial charge in [0, 0.05) is 0 Å². The van der Waals surface area contributed by atoms with E-state index in [2.05, 4.69) is 25.7 Å². The number of unbranched alkanes of at least 4 members (excludes halogenated alkanes) is 8. The van der Waals surface area contributed by atoms with Crippen molar-refractivity contribution in [2.75, 3.05) is 19.6 Å². The summed E-state index contributed by atoms with van der Waals surface area (Å²) in [5.74, 6) is 0. The first-order valence-electron chi connectivity index (χ1n) is 8.57. The van der Waals surface area contributed by atoms with Crippen molar-refractivity contribution in [3.8, 4) is 0 Å². The van der Waals surface area contributed by atoms with Crippen molar-refractivity contribution in [2.24, 2.45) is 0 Å². The minimum Gasteiger partial charge on any atom is -0.303 e. The molecule has 0 aromatic heterocycles. The van der Waals surface area contributed by atoms with Crippen LogP contribution in [0.4, 0.5) is 0 Å². The molecule has 0 aliphatic carbocycles. The number of rotatable bonds is 14. The van der Waals surface area contributed by atoms with Crippen molar-refractivity contribution in [1.29, 1.82) is 0 Å². The molecular weight excluding hydrogens is 254 g/mol. The van der Waals surface area contributed by atoms with E-state index in [1.54, 1.807) is 0 Å². The SMILES string of the molecule is CCCCCCCN(CCCCC)CCCCC.Cl. The molecule has 0 aromatic carbocycles. The van der Waals surface area contributed by atoms with Crippen molar-refractivity contribution in [3.63, 3.8) is 0 Å². The summed E-state index contributed by atoms with van der Waals surface area (Å²) in [4.78, 5) is 2.72. The molecule has 0 saturated heterocycles. The van der Waals surface area contributed by atoms with E-state index in [1.165, 1.54) is 90.3 Å². The van der Waals surface area contributed by atoms with Gasteiger partial charge in [-0.3, -0.25) is 0 Å². The van der Waals surface area contributed by atoms with Gasteiger partial charge in [-0.15, -0.1) is 12.4 Å². The van der Waals surface area contributed by atoms with Crippen LogP contribution in [0.3, 0.4) is 0 Å². The van der Waals surface area contributed by atoms with Crippen LogP contribution >= 0.6 is 12.4 Å². The molecule has 0 N–H and O–H groups in total. The highest BCUT2D eigenvalue weighted by Gasteiger charge is 2.03. The van der Waals surface area contributed by atoms with Gasteiger partial charge in [-0.1, -0.05) is 72.1 Å². The second-order valence-corrected chi connectivity index (χ2v) is 5.67. The maximum absolute atomic E-state index is 2.72. The highest BCUT2D eigenvalue weighted by molar-refractivity contribution is 5.85. The van der Waals surface area contributed by atoms with Crippen LogP contribution in [0.1, 0.15) is 91.4 Å². The maximum atomic E-state index is 2.72. The number of nitrogens with zero attached hydrogens (tertiary/aromatic N) is 1. The van der Waals surface area contributed by atoms with Crippen molar-refractivity contribution >= 4 is 12.4 Å². The lowest BCUT2D eigenvalue weighted by Crippen LogP contribution is -2.27. The van der Waals surface area contributed by atoms with Gasteiger partial charge < -0.3 is 4.90 Å². The van der Waals surface area contributed by atoms with Crippen LogP contribution in [0.15, 0.2) is 0 Å². The quantitative estimate of drug-likeness (QED) is 0.352. The van der Waals surface area contributed by atoms with Gasteiger partial charge in [0.25, 0.3) is 0 Å². The second kappa shape index (κ2) is 18.2. The van der Waals surface area contributed by atoms with Crippen LogP contribution in [-0.4, -0.2) is 24.5 Å². The molecule has 0 amide bonds. The topological polar surface area (TPSA) is 3.24 Å². The fraction of sp³-hybridized carbons (Fsp3) is 1.00. The maximum Gasteiger partial charge on any atom is -0.00187 e. The Hall–Kier alpha value is 0.250. The molecule has 0 heterocycles. The molecule has 0 atom stereocenters. The summed E-state index contributed by atoms with van der Waals surface area (Å²) in [6.07, 6.45) is 15.4. The van der Waals surface area contributed by atoms with Crippen LogP contribution < -0.4 is 0 Å². The standard InChI is InChI=1S/C17H37N.ClH/c1-4-7-10-11-14-17-18(15-12-8-5-2)16-13-9-6-3;/h4-17H2,1-3H3;1H. The molecule has 0 spiro atoms. The molecule has 2 heteroatoms. The summed E-state index contributed by atoms with van der Waals surface area (Å²) in [6.45, 7) is 10.9. The second-order valence-electron chi connectivity index (χ2n) is 5.67. The van der Waals surface area contributed by atoms with Crippen molar-refractivity contribution in [2.45, 2.75) is 91.4 Å². The van der Waals surface area contributed by atoms with Gasteiger partial charge in [-0.25, -0.2) is 0 Å². The first-order chi connectivity index (χ1) is 8.85. The Labute approximate surface area is 128 Å². The molecule has 0 aliphatic heterocycles. The summed E-state index contributed by atoms with van der Waals surface area (Å²) >= 11 is 0. The Kier molecular flexibility index (Phi) is 20.7. The Morgan fingerprint density at radius 3 is 1.21 bits per heavy atom. The molecule has 0 rings (SSSR count). The van der Waals surface area contributed by atoms with Gasteiger partial charge in [0.05, 0.1) is 0 Å². The summed E-state index contributed by atoms with van der Waals surface area (Å²) in [7, 11) is 0. The zero-order chi connectivity index (χ0) is 13.5. The first kappa shape index (κ1) is 21.5. The van der Waals surface area contributed by atoms with Gasteiger partial charge >= 0.3 is 0 Å². The molecule has 0 radical (unpaired) electrons. The average Bonchev–Trinajstić information content (AvgIpc) is 2.38. The third-order valence-corrected chi connectivity index (χ3v) is 3.73.